The van der Waals surface area contributed by atoms with Crippen molar-refractivity contribution in [3.8, 4) is 5.75 Å². The molecule has 23 heavy (non-hydrogen) atoms. The van der Waals surface area contributed by atoms with Crippen LogP contribution in [-0.2, 0) is 9.53 Å². The molecular formula is C14H16F3NO5. The van der Waals surface area contributed by atoms with Crippen molar-refractivity contribution in [1.29, 1.82) is 0 Å². The Morgan fingerprint density at radius 3 is 2.48 bits per heavy atom. The number of halogens is 3. The molecule has 0 spiro atoms. The van der Waals surface area contributed by atoms with Crippen LogP contribution in [0.25, 0.3) is 0 Å². The number of amides is 1. The van der Waals surface area contributed by atoms with Crippen LogP contribution in [-0.4, -0.2) is 42.6 Å². The van der Waals surface area contributed by atoms with Crippen molar-refractivity contribution in [3.05, 3.63) is 29.8 Å². The molecule has 0 fully saturated rings. The fraction of sp³-hybridized carbons (Fsp3) is 0.429. The standard InChI is InChI=1S/C14H16F3NO5/c1-13(8-22-2,7-11(19)20)18-12(21)9-4-3-5-10(6-9)23-14(15,16)17/h3-6H,7-8H2,1-2H3,(H,18,21)(H,19,20). The third-order valence-electron chi connectivity index (χ3n) is 2.75. The number of methoxy groups -OCH3 is 1. The van der Waals surface area contributed by atoms with Crippen molar-refractivity contribution in [2.75, 3.05) is 13.7 Å². The molecule has 0 heterocycles. The molecule has 1 atom stereocenters. The highest BCUT2D eigenvalue weighted by Gasteiger charge is 2.32. The summed E-state index contributed by atoms with van der Waals surface area (Å²) in [6, 6.07) is 4.47. The van der Waals surface area contributed by atoms with E-state index >= 15 is 0 Å². The highest BCUT2D eigenvalue weighted by atomic mass is 19.4. The molecule has 0 saturated heterocycles. The number of carbonyl (C=O) groups is 2. The van der Waals surface area contributed by atoms with Crippen molar-refractivity contribution < 1.29 is 37.3 Å². The molecule has 128 valence electrons. The molecule has 1 amide bonds. The number of nitrogens with one attached hydrogen (secondary N) is 1. The predicted octanol–water partition coefficient (Wildman–Crippen LogP) is 2.19. The van der Waals surface area contributed by atoms with Gasteiger partial charge in [0.2, 0.25) is 0 Å². The van der Waals surface area contributed by atoms with Crippen LogP contribution in [0.1, 0.15) is 23.7 Å². The third kappa shape index (κ3) is 6.55. The number of alkyl halides is 3. The van der Waals surface area contributed by atoms with Gasteiger partial charge in [0.1, 0.15) is 5.75 Å². The molecule has 1 rings (SSSR count). The van der Waals surface area contributed by atoms with E-state index in [2.05, 4.69) is 10.1 Å². The lowest BCUT2D eigenvalue weighted by atomic mass is 9.98. The van der Waals surface area contributed by atoms with E-state index in [9.17, 15) is 22.8 Å². The summed E-state index contributed by atoms with van der Waals surface area (Å²) >= 11 is 0. The van der Waals surface area contributed by atoms with Crippen LogP contribution in [0.5, 0.6) is 5.75 Å². The molecule has 0 aromatic heterocycles. The van der Waals surface area contributed by atoms with Gasteiger partial charge in [0.15, 0.2) is 0 Å². The third-order valence-corrected chi connectivity index (χ3v) is 2.75. The summed E-state index contributed by atoms with van der Waals surface area (Å²) in [4.78, 5) is 23.0. The zero-order chi connectivity index (χ0) is 17.7. The van der Waals surface area contributed by atoms with E-state index in [1.807, 2.05) is 0 Å². The highest BCUT2D eigenvalue weighted by Crippen LogP contribution is 2.23. The van der Waals surface area contributed by atoms with Gasteiger partial charge in [-0.15, -0.1) is 13.2 Å². The van der Waals surface area contributed by atoms with Crippen molar-refractivity contribution >= 4 is 11.9 Å². The van der Waals surface area contributed by atoms with E-state index in [-0.39, 0.29) is 12.2 Å². The Balaban J connectivity index is 2.91. The van der Waals surface area contributed by atoms with Crippen LogP contribution in [0.2, 0.25) is 0 Å². The zero-order valence-electron chi connectivity index (χ0n) is 12.4. The number of aliphatic carboxylic acids is 1. The lowest BCUT2D eigenvalue weighted by Crippen LogP contribution is -2.50. The molecule has 1 aromatic rings. The minimum absolute atomic E-state index is 0.0796. The lowest BCUT2D eigenvalue weighted by Gasteiger charge is -2.28. The molecule has 0 bridgehead atoms. The van der Waals surface area contributed by atoms with E-state index in [1.165, 1.54) is 26.2 Å². The fourth-order valence-corrected chi connectivity index (χ4v) is 1.96. The molecular weight excluding hydrogens is 319 g/mol. The van der Waals surface area contributed by atoms with Gasteiger partial charge in [0.05, 0.1) is 18.6 Å². The molecule has 0 saturated carbocycles. The maximum atomic E-state index is 12.2. The van der Waals surface area contributed by atoms with Crippen LogP contribution < -0.4 is 10.1 Å². The lowest BCUT2D eigenvalue weighted by molar-refractivity contribution is -0.274. The molecule has 0 aliphatic carbocycles. The quantitative estimate of drug-likeness (QED) is 0.798. The Morgan fingerprint density at radius 2 is 1.96 bits per heavy atom. The predicted molar refractivity (Wildman–Crippen MR) is 73.1 cm³/mol. The first-order valence-electron chi connectivity index (χ1n) is 6.44. The second-order valence-corrected chi connectivity index (χ2v) is 5.09. The molecule has 1 unspecified atom stereocenters. The van der Waals surface area contributed by atoms with Gasteiger partial charge in [-0.1, -0.05) is 6.07 Å². The Hall–Kier alpha value is -2.29. The maximum Gasteiger partial charge on any atom is 0.573 e. The largest absolute Gasteiger partial charge is 0.573 e. The van der Waals surface area contributed by atoms with E-state index in [4.69, 9.17) is 9.84 Å². The van der Waals surface area contributed by atoms with Crippen LogP contribution in [0.3, 0.4) is 0 Å². The van der Waals surface area contributed by atoms with Gasteiger partial charge >= 0.3 is 12.3 Å². The summed E-state index contributed by atoms with van der Waals surface area (Å²) in [5.41, 5.74) is -1.31. The molecule has 0 radical (unpaired) electrons. The van der Waals surface area contributed by atoms with Crippen LogP contribution in [0.15, 0.2) is 24.3 Å². The van der Waals surface area contributed by atoms with Gasteiger partial charge < -0.3 is 19.9 Å². The Bertz CT molecular complexity index is 576. The van der Waals surface area contributed by atoms with Crippen molar-refractivity contribution in [2.45, 2.75) is 25.2 Å². The highest BCUT2D eigenvalue weighted by molar-refractivity contribution is 5.95. The van der Waals surface area contributed by atoms with Crippen LogP contribution >= 0.6 is 0 Å². The van der Waals surface area contributed by atoms with E-state index in [1.54, 1.807) is 0 Å². The topological polar surface area (TPSA) is 84.9 Å². The Morgan fingerprint density at radius 1 is 1.30 bits per heavy atom. The summed E-state index contributed by atoms with van der Waals surface area (Å²) in [6.45, 7) is 1.38. The fourth-order valence-electron chi connectivity index (χ4n) is 1.96. The van der Waals surface area contributed by atoms with E-state index < -0.39 is 35.9 Å². The summed E-state index contributed by atoms with van der Waals surface area (Å²) in [5.74, 6) is -2.44. The zero-order valence-corrected chi connectivity index (χ0v) is 12.4. The van der Waals surface area contributed by atoms with E-state index in [0.29, 0.717) is 0 Å². The number of hydrogen-bond donors (Lipinski definition) is 2. The average molecular weight is 335 g/mol. The SMILES string of the molecule is COCC(C)(CC(=O)O)NC(=O)c1cccc(OC(F)(F)F)c1. The van der Waals surface area contributed by atoms with Crippen molar-refractivity contribution in [3.63, 3.8) is 0 Å². The molecule has 0 aliphatic rings. The van der Waals surface area contributed by atoms with E-state index in [0.717, 1.165) is 12.1 Å². The van der Waals surface area contributed by atoms with Gasteiger partial charge in [-0.3, -0.25) is 9.59 Å². The summed E-state index contributed by atoms with van der Waals surface area (Å²) in [6.07, 6.45) is -5.28. The Kier molecular flexibility index (Phi) is 5.97. The number of ether oxygens (including phenoxy) is 2. The minimum Gasteiger partial charge on any atom is -0.481 e. The number of hydrogen-bond acceptors (Lipinski definition) is 4. The average Bonchev–Trinajstić information content (AvgIpc) is 2.35. The Labute approximate surface area is 130 Å². The monoisotopic (exact) mass is 335 g/mol. The summed E-state index contributed by atoms with van der Waals surface area (Å²) < 4.78 is 45.2. The normalized spacial score (nSPS) is 14.0. The van der Waals surface area contributed by atoms with Gasteiger partial charge in [0, 0.05) is 12.7 Å². The number of benzene rings is 1. The first-order valence-corrected chi connectivity index (χ1v) is 6.44. The summed E-state index contributed by atoms with van der Waals surface area (Å²) in [7, 11) is 1.34. The molecule has 9 heteroatoms. The van der Waals surface area contributed by atoms with Gasteiger partial charge in [-0.25, -0.2) is 0 Å². The van der Waals surface area contributed by atoms with Crippen molar-refractivity contribution in [1.82, 2.24) is 5.32 Å². The molecule has 1 aromatic carbocycles. The molecule has 0 aliphatic heterocycles. The van der Waals surface area contributed by atoms with Gasteiger partial charge in [0.25, 0.3) is 5.91 Å². The number of rotatable bonds is 7. The number of carboxylic acids is 1. The number of carboxylic acid groups (broad SMARTS) is 1. The first kappa shape index (κ1) is 18.8. The first-order chi connectivity index (χ1) is 10.5. The maximum absolute atomic E-state index is 12.2. The summed E-state index contributed by atoms with van der Waals surface area (Å²) in [5, 5.41) is 11.3. The van der Waals surface area contributed by atoms with Crippen LogP contribution in [0, 0.1) is 0 Å². The second kappa shape index (κ2) is 7.32. The molecule has 6 nitrogen and oxygen atoms in total. The van der Waals surface area contributed by atoms with Crippen LogP contribution in [0.4, 0.5) is 13.2 Å². The molecule has 2 N–H and O–H groups in total. The smallest absolute Gasteiger partial charge is 0.481 e. The number of carbonyl (C=O) groups excluding carboxylic acids is 1. The minimum atomic E-state index is -4.87. The van der Waals surface area contributed by atoms with Crippen molar-refractivity contribution in [2.24, 2.45) is 0 Å². The van der Waals surface area contributed by atoms with Gasteiger partial charge in [-0.05, 0) is 25.1 Å². The second-order valence-electron chi connectivity index (χ2n) is 5.09. The van der Waals surface area contributed by atoms with Gasteiger partial charge in [-0.2, -0.15) is 0 Å².